The lowest BCUT2D eigenvalue weighted by Gasteiger charge is -2.22. The number of carbonyl (C=O) groups excluding carboxylic acids is 2. The Morgan fingerprint density at radius 1 is 1.24 bits per heavy atom. The van der Waals surface area contributed by atoms with Gasteiger partial charge >= 0.3 is 0 Å². The summed E-state index contributed by atoms with van der Waals surface area (Å²) in [7, 11) is 1.10. The van der Waals surface area contributed by atoms with Crippen LogP contribution < -0.4 is 9.62 Å². The van der Waals surface area contributed by atoms with Gasteiger partial charge in [0.25, 0.3) is 5.91 Å². The number of aldehydes is 1. The average Bonchev–Trinajstić information content (AvgIpc) is 2.84. The summed E-state index contributed by atoms with van der Waals surface area (Å²) in [5.41, 5.74) is 2.50. The van der Waals surface area contributed by atoms with Crippen molar-refractivity contribution >= 4 is 62.1 Å². The van der Waals surface area contributed by atoms with Crippen molar-refractivity contribution in [3.63, 3.8) is 0 Å². The first-order valence-corrected chi connectivity index (χ1v) is 12.5. The van der Waals surface area contributed by atoms with Gasteiger partial charge in [-0.3, -0.25) is 13.9 Å². The fraction of sp³-hybridized carbons (Fsp3) is 0.200. The van der Waals surface area contributed by atoms with Crippen LogP contribution in [0.4, 0.5) is 11.4 Å². The van der Waals surface area contributed by atoms with Crippen LogP contribution in [0.5, 0.6) is 0 Å². The predicted molar refractivity (Wildman–Crippen MR) is 146 cm³/mol. The highest BCUT2D eigenvalue weighted by Gasteiger charge is 2.21. The van der Waals surface area contributed by atoms with Crippen molar-refractivity contribution in [1.29, 1.82) is 0 Å². The quantitative estimate of drug-likeness (QED) is 0.219. The van der Waals surface area contributed by atoms with Crippen molar-refractivity contribution in [3.05, 3.63) is 92.3 Å². The Bertz CT molecular complexity index is 1110. The van der Waals surface area contributed by atoms with Gasteiger partial charge in [-0.15, -0.1) is 0 Å². The number of hydrogen-bond donors (Lipinski definition) is 2. The van der Waals surface area contributed by atoms with Crippen LogP contribution in [0, 0.1) is 0 Å². The van der Waals surface area contributed by atoms with E-state index in [1.165, 1.54) is 6.08 Å². The summed E-state index contributed by atoms with van der Waals surface area (Å²) in [6, 6.07) is 12.0. The molecular weight excluding hydrogens is 540 g/mol. The van der Waals surface area contributed by atoms with E-state index in [2.05, 4.69) is 27.8 Å². The van der Waals surface area contributed by atoms with Crippen molar-refractivity contribution in [3.8, 4) is 0 Å². The fourth-order valence-electron chi connectivity index (χ4n) is 3.00. The number of amides is 1. The number of allylic oxidation sites excluding steroid dienone is 3. The Kier molecular flexibility index (Phi) is 12.7. The van der Waals surface area contributed by atoms with E-state index in [0.717, 1.165) is 11.6 Å². The zero-order valence-corrected chi connectivity index (χ0v) is 22.6. The fourth-order valence-corrected chi connectivity index (χ4v) is 4.71. The summed E-state index contributed by atoms with van der Waals surface area (Å²) in [5, 5.41) is 10.4. The van der Waals surface area contributed by atoms with Crippen LogP contribution in [0.15, 0.2) is 81.7 Å². The predicted octanol–water partition coefficient (Wildman–Crippen LogP) is 6.06. The second-order valence-corrected chi connectivity index (χ2v) is 9.59. The third-order valence-electron chi connectivity index (χ3n) is 4.74. The van der Waals surface area contributed by atoms with E-state index in [9.17, 15) is 13.8 Å². The molecule has 2 aromatic carbocycles. The van der Waals surface area contributed by atoms with E-state index < -0.39 is 11.0 Å². The number of rotatable bonds is 9. The molecule has 2 rings (SSSR count). The number of aliphatic hydroxyl groups is 1. The molecule has 0 saturated carbocycles. The Morgan fingerprint density at radius 3 is 2.38 bits per heavy atom. The molecule has 0 bridgehead atoms. The Hall–Kier alpha value is -2.52. The highest BCUT2D eigenvalue weighted by molar-refractivity contribution is 9.10. The first-order valence-electron chi connectivity index (χ1n) is 10.2. The topological polar surface area (TPSA) is 86.7 Å². The van der Waals surface area contributed by atoms with Gasteiger partial charge in [0.05, 0.1) is 10.6 Å². The summed E-state index contributed by atoms with van der Waals surface area (Å²) in [5.74, 6) is -0.364. The number of benzene rings is 2. The summed E-state index contributed by atoms with van der Waals surface area (Å²) in [6.07, 6.45) is 4.26. The van der Waals surface area contributed by atoms with Gasteiger partial charge in [-0.2, -0.15) is 0 Å². The molecule has 6 nitrogen and oxygen atoms in total. The van der Waals surface area contributed by atoms with Gasteiger partial charge in [0.1, 0.15) is 0 Å². The Morgan fingerprint density at radius 2 is 1.85 bits per heavy atom. The molecule has 0 heterocycles. The molecule has 0 spiro atoms. The number of hydrogen-bond acceptors (Lipinski definition) is 4. The molecule has 2 aromatic rings. The molecule has 1 atom stereocenters. The molecule has 2 N–H and O–H groups in total. The maximum absolute atomic E-state index is 13.4. The minimum absolute atomic E-state index is 0.355. The van der Waals surface area contributed by atoms with E-state index in [1.807, 2.05) is 6.92 Å². The SMILES string of the molecule is C=C/C=C(\C(C)=C(/CC)C(=O)Nc1ccc(Br)cc1C=O)S(=O)N(C)c1ccc(Cl)cc1.CO. The zero-order chi connectivity index (χ0) is 25.8. The van der Waals surface area contributed by atoms with Crippen molar-refractivity contribution in [2.75, 3.05) is 23.8 Å². The number of carbonyl (C=O) groups is 2. The molecule has 0 aliphatic heterocycles. The van der Waals surface area contributed by atoms with E-state index in [4.69, 9.17) is 16.7 Å². The van der Waals surface area contributed by atoms with Crippen molar-refractivity contribution in [1.82, 2.24) is 0 Å². The summed E-state index contributed by atoms with van der Waals surface area (Å²) < 4.78 is 15.7. The first-order chi connectivity index (χ1) is 16.2. The summed E-state index contributed by atoms with van der Waals surface area (Å²) in [6.45, 7) is 7.32. The highest BCUT2D eigenvalue weighted by Crippen LogP contribution is 2.27. The molecule has 0 fully saturated rings. The Balaban J connectivity index is 0.00000281. The van der Waals surface area contributed by atoms with Gasteiger partial charge < -0.3 is 10.4 Å². The minimum Gasteiger partial charge on any atom is -0.400 e. The maximum Gasteiger partial charge on any atom is 0.251 e. The molecule has 1 amide bonds. The lowest BCUT2D eigenvalue weighted by atomic mass is 10.0. The third-order valence-corrected chi connectivity index (χ3v) is 7.01. The van der Waals surface area contributed by atoms with Crippen LogP contribution in [-0.2, 0) is 15.8 Å². The molecule has 1 unspecified atom stereocenters. The van der Waals surface area contributed by atoms with Crippen LogP contribution in [0.3, 0.4) is 0 Å². The third kappa shape index (κ3) is 7.77. The van der Waals surface area contributed by atoms with Crippen LogP contribution >= 0.6 is 27.5 Å². The molecule has 34 heavy (non-hydrogen) atoms. The van der Waals surface area contributed by atoms with Crippen LogP contribution in [0.2, 0.25) is 5.02 Å². The number of anilines is 2. The van der Waals surface area contributed by atoms with E-state index >= 15 is 0 Å². The summed E-state index contributed by atoms with van der Waals surface area (Å²) in [4.78, 5) is 24.9. The minimum atomic E-state index is -1.60. The van der Waals surface area contributed by atoms with Gasteiger partial charge in [0, 0.05) is 40.5 Å². The van der Waals surface area contributed by atoms with Gasteiger partial charge in [-0.05, 0) is 67.5 Å². The first kappa shape index (κ1) is 29.5. The van der Waals surface area contributed by atoms with E-state index in [-0.39, 0.29) is 5.91 Å². The zero-order valence-electron chi connectivity index (χ0n) is 19.5. The smallest absolute Gasteiger partial charge is 0.251 e. The molecule has 0 aromatic heterocycles. The van der Waals surface area contributed by atoms with Crippen molar-refractivity contribution < 1.29 is 18.9 Å². The van der Waals surface area contributed by atoms with Gasteiger partial charge in [0.15, 0.2) is 17.3 Å². The second-order valence-electron chi connectivity index (χ2n) is 6.75. The second kappa shape index (κ2) is 14.7. The van der Waals surface area contributed by atoms with E-state index in [1.54, 1.807) is 66.8 Å². The molecule has 0 saturated heterocycles. The number of nitrogens with one attached hydrogen (secondary N) is 1. The number of nitrogens with zero attached hydrogens (tertiary/aromatic N) is 1. The lowest BCUT2D eigenvalue weighted by Crippen LogP contribution is -2.24. The molecule has 182 valence electrons. The maximum atomic E-state index is 13.4. The Labute approximate surface area is 216 Å². The normalized spacial score (nSPS) is 12.5. The van der Waals surface area contributed by atoms with Crippen molar-refractivity contribution in [2.24, 2.45) is 0 Å². The lowest BCUT2D eigenvalue weighted by molar-refractivity contribution is -0.113. The van der Waals surface area contributed by atoms with Crippen LogP contribution in [0.25, 0.3) is 0 Å². The monoisotopic (exact) mass is 566 g/mol. The van der Waals surface area contributed by atoms with Gasteiger partial charge in [0.2, 0.25) is 0 Å². The standard InChI is InChI=1S/C24H24BrClN2O3S.CH4O/c1-5-7-23(32(31)28(4)20-11-9-19(26)10-12-20)16(3)21(6-2)24(30)27-22-13-8-18(25)14-17(22)15-29;1-2/h5,7-15H,1,6H2,2-4H3,(H,27,30);2H,1H3/b21-16+,23-7+;. The average molecular weight is 568 g/mol. The van der Waals surface area contributed by atoms with E-state index in [0.29, 0.717) is 50.7 Å². The van der Waals surface area contributed by atoms with Crippen LogP contribution in [0.1, 0.15) is 30.6 Å². The van der Waals surface area contributed by atoms with Gasteiger partial charge in [-0.1, -0.05) is 47.1 Å². The highest BCUT2D eigenvalue weighted by atomic mass is 79.9. The largest absolute Gasteiger partial charge is 0.400 e. The molecule has 0 radical (unpaired) electrons. The number of halogens is 2. The van der Waals surface area contributed by atoms with Crippen molar-refractivity contribution in [2.45, 2.75) is 20.3 Å². The molecule has 0 aliphatic rings. The summed E-state index contributed by atoms with van der Waals surface area (Å²) >= 11 is 9.27. The molecule has 0 aliphatic carbocycles. The molecular formula is C25H28BrClN2O4S. The number of aliphatic hydroxyl groups excluding tert-OH is 1. The molecule has 9 heteroatoms. The van der Waals surface area contributed by atoms with Gasteiger partial charge in [-0.25, -0.2) is 4.21 Å². The van der Waals surface area contributed by atoms with Crippen LogP contribution in [-0.4, -0.2) is 35.7 Å².